The Morgan fingerprint density at radius 1 is 1.28 bits per heavy atom. The monoisotopic (exact) mass is 361 g/mol. The van der Waals surface area contributed by atoms with E-state index >= 15 is 0 Å². The van der Waals surface area contributed by atoms with Gasteiger partial charge in [0.05, 0.1) is 0 Å². The second-order valence-corrected chi connectivity index (χ2v) is 7.38. The molecule has 2 N–H and O–H groups in total. The topological polar surface area (TPSA) is 47.9 Å². The van der Waals surface area contributed by atoms with E-state index in [0.29, 0.717) is 18.0 Å². The molecule has 0 fully saturated rings. The van der Waals surface area contributed by atoms with E-state index in [4.69, 9.17) is 0 Å². The largest absolute Gasteiger partial charge is 0.385 e. The van der Waals surface area contributed by atoms with Gasteiger partial charge in [-0.3, -0.25) is 0 Å². The van der Waals surface area contributed by atoms with Crippen LogP contribution in [0.1, 0.15) is 24.5 Å². The molecule has 7 heteroatoms. The molecule has 2 atom stereocenters. The van der Waals surface area contributed by atoms with Crippen LogP contribution in [0.15, 0.2) is 47.6 Å². The summed E-state index contributed by atoms with van der Waals surface area (Å²) in [7, 11) is 0. The highest BCUT2D eigenvalue weighted by molar-refractivity contribution is 8.15. The minimum atomic E-state index is -0.868. The van der Waals surface area contributed by atoms with Gasteiger partial charge in [0, 0.05) is 29.8 Å². The molecule has 0 saturated carbocycles. The molecular formula is C18H17F2N3OS. The molecule has 2 aromatic rings. The van der Waals surface area contributed by atoms with Crippen LogP contribution in [0, 0.1) is 11.6 Å². The summed E-state index contributed by atoms with van der Waals surface area (Å²) >= 11 is 1.36. The van der Waals surface area contributed by atoms with Gasteiger partial charge in [-0.05, 0) is 31.2 Å². The first-order valence-electron chi connectivity index (χ1n) is 8.05. The highest BCUT2D eigenvalue weighted by Gasteiger charge is 2.49. The molecule has 2 aliphatic rings. The zero-order chi connectivity index (χ0) is 17.6. The van der Waals surface area contributed by atoms with Crippen LogP contribution >= 0.6 is 11.8 Å². The van der Waals surface area contributed by atoms with Crippen molar-refractivity contribution in [3.63, 3.8) is 0 Å². The fourth-order valence-electron chi connectivity index (χ4n) is 3.38. The van der Waals surface area contributed by atoms with Crippen molar-refractivity contribution in [2.75, 3.05) is 11.9 Å². The van der Waals surface area contributed by atoms with Crippen LogP contribution in [0.25, 0.3) is 0 Å². The number of para-hydroxylation sites is 1. The Bertz CT molecular complexity index is 858. The first kappa shape index (κ1) is 16.4. The maximum Gasteiger partial charge on any atom is 0.141 e. The number of anilines is 1. The van der Waals surface area contributed by atoms with Gasteiger partial charge in [-0.1, -0.05) is 30.0 Å². The summed E-state index contributed by atoms with van der Waals surface area (Å²) in [5.74, 6) is -1.05. The first-order chi connectivity index (χ1) is 12.0. The summed E-state index contributed by atoms with van der Waals surface area (Å²) in [6, 6.07) is 11.1. The van der Waals surface area contributed by atoms with Gasteiger partial charge >= 0.3 is 0 Å². The van der Waals surface area contributed by atoms with E-state index < -0.39 is 22.7 Å². The number of aliphatic hydroxyl groups is 1. The van der Waals surface area contributed by atoms with Crippen molar-refractivity contribution in [1.29, 1.82) is 0 Å². The molecule has 1 spiro atoms. The lowest BCUT2D eigenvalue weighted by atomic mass is 9.96. The SMILES string of the molecule is CC(O)N1N=C(c2cc(F)ccc2F)SC12CCNc1ccccc12. The molecule has 2 heterocycles. The van der Waals surface area contributed by atoms with Crippen LogP contribution in [0.2, 0.25) is 0 Å². The van der Waals surface area contributed by atoms with E-state index in [1.165, 1.54) is 11.8 Å². The molecule has 0 radical (unpaired) electrons. The number of aliphatic hydroxyl groups excluding tert-OH is 1. The van der Waals surface area contributed by atoms with Crippen molar-refractivity contribution < 1.29 is 13.9 Å². The molecule has 2 unspecified atom stereocenters. The molecule has 0 bridgehead atoms. The average Bonchev–Trinajstić information content (AvgIpc) is 2.98. The summed E-state index contributed by atoms with van der Waals surface area (Å²) in [6.45, 7) is 2.32. The molecule has 0 aromatic heterocycles. The maximum absolute atomic E-state index is 14.2. The molecule has 0 saturated heterocycles. The fourth-order valence-corrected chi connectivity index (χ4v) is 4.88. The number of halogens is 2. The Morgan fingerprint density at radius 3 is 2.88 bits per heavy atom. The molecule has 0 amide bonds. The van der Waals surface area contributed by atoms with Crippen LogP contribution in [-0.4, -0.2) is 27.9 Å². The first-order valence-corrected chi connectivity index (χ1v) is 8.87. The van der Waals surface area contributed by atoms with Crippen LogP contribution in [0.5, 0.6) is 0 Å². The van der Waals surface area contributed by atoms with Gasteiger partial charge in [-0.25, -0.2) is 13.8 Å². The minimum absolute atomic E-state index is 0.114. The number of nitrogens with one attached hydrogen (secondary N) is 1. The molecule has 0 aliphatic carbocycles. The normalized spacial score (nSPS) is 23.2. The molecule has 2 aromatic carbocycles. The third-order valence-corrected chi connectivity index (χ3v) is 5.92. The predicted molar refractivity (Wildman–Crippen MR) is 95.2 cm³/mol. The average molecular weight is 361 g/mol. The van der Waals surface area contributed by atoms with Gasteiger partial charge in [0.25, 0.3) is 0 Å². The quantitative estimate of drug-likeness (QED) is 0.857. The van der Waals surface area contributed by atoms with Crippen molar-refractivity contribution in [2.45, 2.75) is 24.4 Å². The van der Waals surface area contributed by atoms with Gasteiger partial charge in [0.2, 0.25) is 0 Å². The van der Waals surface area contributed by atoms with Gasteiger partial charge in [-0.15, -0.1) is 0 Å². The second kappa shape index (κ2) is 6.00. The summed E-state index contributed by atoms with van der Waals surface area (Å²) in [5, 5.41) is 20.1. The van der Waals surface area contributed by atoms with Crippen LogP contribution in [0.4, 0.5) is 14.5 Å². The lowest BCUT2D eigenvalue weighted by molar-refractivity contribution is -0.0236. The third-order valence-electron chi connectivity index (χ3n) is 4.47. The zero-order valence-corrected chi connectivity index (χ0v) is 14.4. The summed E-state index contributed by atoms with van der Waals surface area (Å²) in [5.41, 5.74) is 2.05. The molecule has 25 heavy (non-hydrogen) atoms. The number of benzene rings is 2. The fraction of sp³-hybridized carbons (Fsp3) is 0.278. The molecular weight excluding hydrogens is 344 g/mol. The van der Waals surface area contributed by atoms with Crippen molar-refractivity contribution in [1.82, 2.24) is 5.01 Å². The van der Waals surface area contributed by atoms with Gasteiger partial charge < -0.3 is 10.4 Å². The van der Waals surface area contributed by atoms with E-state index in [9.17, 15) is 13.9 Å². The summed E-state index contributed by atoms with van der Waals surface area (Å²) < 4.78 is 27.9. The lowest BCUT2D eigenvalue weighted by Crippen LogP contribution is -2.46. The Kier molecular flexibility index (Phi) is 3.92. The van der Waals surface area contributed by atoms with Gasteiger partial charge in [-0.2, -0.15) is 5.10 Å². The third kappa shape index (κ3) is 2.58. The van der Waals surface area contributed by atoms with Gasteiger partial charge in [0.15, 0.2) is 0 Å². The summed E-state index contributed by atoms with van der Waals surface area (Å²) in [6.07, 6.45) is -0.198. The predicted octanol–water partition coefficient (Wildman–Crippen LogP) is 3.68. The minimum Gasteiger partial charge on any atom is -0.385 e. The van der Waals surface area contributed by atoms with Crippen molar-refractivity contribution in [3.05, 3.63) is 65.2 Å². The van der Waals surface area contributed by atoms with Crippen molar-refractivity contribution >= 4 is 22.5 Å². The number of hydrogen-bond acceptors (Lipinski definition) is 5. The van der Waals surface area contributed by atoms with E-state index in [0.717, 1.165) is 29.4 Å². The second-order valence-electron chi connectivity index (χ2n) is 6.11. The smallest absolute Gasteiger partial charge is 0.141 e. The Hall–Kier alpha value is -2.12. The number of fused-ring (bicyclic) bond motifs is 2. The van der Waals surface area contributed by atoms with Crippen molar-refractivity contribution in [3.8, 4) is 0 Å². The number of rotatable bonds is 2. The van der Waals surface area contributed by atoms with Crippen molar-refractivity contribution in [2.24, 2.45) is 5.10 Å². The number of nitrogens with zero attached hydrogens (tertiary/aromatic N) is 2. The molecule has 130 valence electrons. The molecule has 2 aliphatic heterocycles. The van der Waals surface area contributed by atoms with Gasteiger partial charge in [0.1, 0.15) is 27.8 Å². The highest BCUT2D eigenvalue weighted by atomic mass is 32.2. The standard InChI is InChI=1S/C18H17F2N3OS/c1-11(24)23-18(8-9-21-16-5-3-2-4-14(16)18)25-17(22-23)13-10-12(19)6-7-15(13)20/h2-7,10-11,21,24H,8-9H2,1H3. The number of hydrogen-bond donors (Lipinski definition) is 2. The Labute approximate surface area is 148 Å². The van der Waals surface area contributed by atoms with E-state index in [1.807, 2.05) is 24.3 Å². The van der Waals surface area contributed by atoms with Crippen LogP contribution in [-0.2, 0) is 4.87 Å². The number of thioether (sulfide) groups is 1. The Balaban J connectivity index is 1.84. The van der Waals surface area contributed by atoms with Crippen LogP contribution < -0.4 is 5.32 Å². The molecule has 4 rings (SSSR count). The van der Waals surface area contributed by atoms with E-state index in [-0.39, 0.29) is 5.56 Å². The zero-order valence-electron chi connectivity index (χ0n) is 13.5. The highest BCUT2D eigenvalue weighted by Crippen LogP contribution is 2.53. The van der Waals surface area contributed by atoms with E-state index in [1.54, 1.807) is 11.9 Å². The maximum atomic E-state index is 14.2. The van der Waals surface area contributed by atoms with E-state index in [2.05, 4.69) is 10.4 Å². The number of hydrazone groups is 1. The Morgan fingerprint density at radius 2 is 2.08 bits per heavy atom. The van der Waals surface area contributed by atoms with Crippen LogP contribution in [0.3, 0.4) is 0 Å². The summed E-state index contributed by atoms with van der Waals surface area (Å²) in [4.78, 5) is -0.649. The lowest BCUT2D eigenvalue weighted by Gasteiger charge is -2.42. The molecule has 4 nitrogen and oxygen atoms in total.